The zero-order chi connectivity index (χ0) is 14.0. The average Bonchev–Trinajstić information content (AvgIpc) is 2.66. The van der Waals surface area contributed by atoms with Gasteiger partial charge in [0.15, 0.2) is 0 Å². The zero-order valence-electron chi connectivity index (χ0n) is 11.2. The van der Waals surface area contributed by atoms with Gasteiger partial charge in [-0.05, 0) is 38.6 Å². The Morgan fingerprint density at radius 1 is 1.16 bits per heavy atom. The first-order valence-corrected chi connectivity index (χ1v) is 6.77. The fourth-order valence-electron chi connectivity index (χ4n) is 2.00. The number of aromatic nitrogens is 1. The van der Waals surface area contributed by atoms with Gasteiger partial charge in [0.05, 0.1) is 15.7 Å². The quantitative estimate of drug-likeness (QED) is 0.846. The lowest BCUT2D eigenvalue weighted by molar-refractivity contribution is 0.315. The third-order valence-corrected chi connectivity index (χ3v) is 3.78. The predicted molar refractivity (Wildman–Crippen MR) is 77.6 cm³/mol. The summed E-state index contributed by atoms with van der Waals surface area (Å²) in [4.78, 5) is 2.19. The van der Waals surface area contributed by atoms with Gasteiger partial charge in [0.2, 0.25) is 0 Å². The van der Waals surface area contributed by atoms with E-state index in [1.54, 1.807) is 0 Å². The minimum atomic E-state index is 0.582. The van der Waals surface area contributed by atoms with E-state index in [0.717, 1.165) is 35.7 Å². The van der Waals surface area contributed by atoms with Crippen molar-refractivity contribution in [3.8, 4) is 0 Å². The Labute approximate surface area is 123 Å². The molecule has 0 aliphatic rings. The molecule has 5 heteroatoms. The summed E-state index contributed by atoms with van der Waals surface area (Å²) in [5.74, 6) is 0.874. The van der Waals surface area contributed by atoms with Gasteiger partial charge >= 0.3 is 0 Å². The smallest absolute Gasteiger partial charge is 0.138 e. The van der Waals surface area contributed by atoms with Crippen LogP contribution in [0.25, 0.3) is 0 Å². The van der Waals surface area contributed by atoms with Crippen molar-refractivity contribution in [1.29, 1.82) is 0 Å². The minimum absolute atomic E-state index is 0.582. The van der Waals surface area contributed by atoms with Crippen LogP contribution in [0.5, 0.6) is 0 Å². The Morgan fingerprint density at radius 3 is 2.47 bits per heavy atom. The Bertz CT molecular complexity index is 561. The predicted octanol–water partition coefficient (Wildman–Crippen LogP) is 4.23. The third-order valence-electron chi connectivity index (χ3n) is 3.05. The van der Waals surface area contributed by atoms with E-state index in [1.165, 1.54) is 0 Å². The number of hydrogen-bond donors (Lipinski definition) is 0. The largest absolute Gasteiger partial charge is 0.361 e. The summed E-state index contributed by atoms with van der Waals surface area (Å²) in [6, 6.07) is 5.70. The lowest BCUT2D eigenvalue weighted by Gasteiger charge is -2.16. The lowest BCUT2D eigenvalue weighted by atomic mass is 10.1. The molecule has 1 aromatic carbocycles. The average molecular weight is 299 g/mol. The highest BCUT2D eigenvalue weighted by Gasteiger charge is 2.12. The summed E-state index contributed by atoms with van der Waals surface area (Å²) in [7, 11) is 2.05. The number of hydrogen-bond acceptors (Lipinski definition) is 3. The molecule has 1 heterocycles. The molecule has 0 atom stereocenters. The van der Waals surface area contributed by atoms with E-state index in [9.17, 15) is 0 Å². The van der Waals surface area contributed by atoms with Crippen LogP contribution in [-0.2, 0) is 13.1 Å². The van der Waals surface area contributed by atoms with E-state index >= 15 is 0 Å². The Morgan fingerprint density at radius 2 is 1.89 bits per heavy atom. The van der Waals surface area contributed by atoms with Crippen LogP contribution in [0.2, 0.25) is 10.0 Å². The first-order chi connectivity index (χ1) is 8.97. The van der Waals surface area contributed by atoms with Crippen LogP contribution in [0.1, 0.15) is 22.6 Å². The summed E-state index contributed by atoms with van der Waals surface area (Å²) < 4.78 is 5.17. The Kier molecular flexibility index (Phi) is 4.50. The van der Waals surface area contributed by atoms with Crippen molar-refractivity contribution in [3.63, 3.8) is 0 Å². The van der Waals surface area contributed by atoms with Crippen molar-refractivity contribution in [1.82, 2.24) is 10.1 Å². The van der Waals surface area contributed by atoms with Crippen LogP contribution in [0.15, 0.2) is 22.7 Å². The first kappa shape index (κ1) is 14.4. The molecule has 0 amide bonds. The molecule has 0 N–H and O–H groups in total. The molecule has 19 heavy (non-hydrogen) atoms. The van der Waals surface area contributed by atoms with Crippen molar-refractivity contribution in [2.45, 2.75) is 26.9 Å². The normalized spacial score (nSPS) is 11.3. The van der Waals surface area contributed by atoms with E-state index in [4.69, 9.17) is 27.7 Å². The van der Waals surface area contributed by atoms with Gasteiger partial charge in [-0.1, -0.05) is 34.4 Å². The number of aryl methyl sites for hydroxylation is 2. The topological polar surface area (TPSA) is 29.3 Å². The molecule has 0 bridgehead atoms. The highest BCUT2D eigenvalue weighted by molar-refractivity contribution is 6.42. The highest BCUT2D eigenvalue weighted by Crippen LogP contribution is 2.23. The summed E-state index contributed by atoms with van der Waals surface area (Å²) >= 11 is 11.9. The SMILES string of the molecule is Cc1noc(C)c1CN(C)Cc1ccc(Cl)c(Cl)c1. The summed E-state index contributed by atoms with van der Waals surface area (Å²) in [6.45, 7) is 5.48. The molecule has 0 unspecified atom stereocenters. The second-order valence-corrected chi connectivity index (χ2v) is 5.54. The van der Waals surface area contributed by atoms with E-state index in [0.29, 0.717) is 10.0 Å². The van der Waals surface area contributed by atoms with E-state index in [2.05, 4.69) is 10.1 Å². The molecule has 0 fully saturated rings. The van der Waals surface area contributed by atoms with Crippen molar-refractivity contribution < 1.29 is 4.52 Å². The maximum absolute atomic E-state index is 6.02. The second-order valence-electron chi connectivity index (χ2n) is 4.72. The van der Waals surface area contributed by atoms with Gasteiger partial charge in [0.1, 0.15) is 5.76 Å². The number of nitrogens with zero attached hydrogens (tertiary/aromatic N) is 2. The number of halogens is 2. The Balaban J connectivity index is 2.05. The minimum Gasteiger partial charge on any atom is -0.361 e. The van der Waals surface area contributed by atoms with Crippen LogP contribution < -0.4 is 0 Å². The molecule has 2 rings (SSSR count). The maximum atomic E-state index is 6.02. The van der Waals surface area contributed by atoms with Gasteiger partial charge in [-0.3, -0.25) is 4.90 Å². The molecular weight excluding hydrogens is 283 g/mol. The van der Waals surface area contributed by atoms with Crippen LogP contribution in [0.3, 0.4) is 0 Å². The van der Waals surface area contributed by atoms with Crippen molar-refractivity contribution in [2.24, 2.45) is 0 Å². The summed E-state index contributed by atoms with van der Waals surface area (Å²) in [5.41, 5.74) is 3.21. The lowest BCUT2D eigenvalue weighted by Crippen LogP contribution is -2.18. The van der Waals surface area contributed by atoms with Gasteiger partial charge < -0.3 is 4.52 Å². The summed E-state index contributed by atoms with van der Waals surface area (Å²) in [6.07, 6.45) is 0. The monoisotopic (exact) mass is 298 g/mol. The fourth-order valence-corrected chi connectivity index (χ4v) is 2.32. The van der Waals surface area contributed by atoms with E-state index in [-0.39, 0.29) is 0 Å². The van der Waals surface area contributed by atoms with Gasteiger partial charge in [0.25, 0.3) is 0 Å². The molecule has 1 aromatic heterocycles. The molecule has 0 saturated carbocycles. The zero-order valence-corrected chi connectivity index (χ0v) is 12.7. The molecule has 2 aromatic rings. The molecule has 0 aliphatic carbocycles. The molecule has 102 valence electrons. The van der Waals surface area contributed by atoms with Gasteiger partial charge in [-0.25, -0.2) is 0 Å². The maximum Gasteiger partial charge on any atom is 0.138 e. The molecular formula is C14H16Cl2N2O. The van der Waals surface area contributed by atoms with Gasteiger partial charge in [-0.15, -0.1) is 0 Å². The molecule has 0 aliphatic heterocycles. The first-order valence-electron chi connectivity index (χ1n) is 6.01. The van der Waals surface area contributed by atoms with Gasteiger partial charge in [0, 0.05) is 18.7 Å². The molecule has 3 nitrogen and oxygen atoms in total. The molecule has 0 spiro atoms. The molecule has 0 radical (unpaired) electrons. The van der Waals surface area contributed by atoms with Crippen molar-refractivity contribution >= 4 is 23.2 Å². The van der Waals surface area contributed by atoms with Gasteiger partial charge in [-0.2, -0.15) is 0 Å². The number of rotatable bonds is 4. The van der Waals surface area contributed by atoms with E-state index in [1.807, 2.05) is 39.1 Å². The Hall–Kier alpha value is -1.03. The van der Waals surface area contributed by atoms with Crippen LogP contribution in [-0.4, -0.2) is 17.1 Å². The van der Waals surface area contributed by atoms with Crippen molar-refractivity contribution in [3.05, 3.63) is 50.8 Å². The van der Waals surface area contributed by atoms with E-state index < -0.39 is 0 Å². The standard InChI is InChI=1S/C14H16Cl2N2O/c1-9-12(10(2)19-17-9)8-18(3)7-11-4-5-13(15)14(16)6-11/h4-6H,7-8H2,1-3H3. The second kappa shape index (κ2) is 5.95. The van der Waals surface area contributed by atoms with Crippen LogP contribution >= 0.6 is 23.2 Å². The molecule has 0 saturated heterocycles. The van der Waals surface area contributed by atoms with Crippen LogP contribution in [0, 0.1) is 13.8 Å². The van der Waals surface area contributed by atoms with Crippen molar-refractivity contribution in [2.75, 3.05) is 7.05 Å². The fraction of sp³-hybridized carbons (Fsp3) is 0.357. The number of benzene rings is 1. The van der Waals surface area contributed by atoms with Crippen LogP contribution in [0.4, 0.5) is 0 Å². The highest BCUT2D eigenvalue weighted by atomic mass is 35.5. The third kappa shape index (κ3) is 3.50. The summed E-state index contributed by atoms with van der Waals surface area (Å²) in [5, 5.41) is 5.13.